The number of carbonyl (C=O) groups is 1. The molecule has 2 aliphatic heterocycles. The zero-order valence-electron chi connectivity index (χ0n) is 21.6. The zero-order chi connectivity index (χ0) is 24.5. The van der Waals surface area contributed by atoms with Crippen LogP contribution in [0.4, 0.5) is 0 Å². The van der Waals surface area contributed by atoms with Gasteiger partial charge in [-0.05, 0) is 86.8 Å². The number of amides is 1. The van der Waals surface area contributed by atoms with Crippen molar-refractivity contribution in [1.29, 1.82) is 0 Å². The third kappa shape index (κ3) is 5.29. The van der Waals surface area contributed by atoms with E-state index < -0.39 is 0 Å². The molecule has 0 aliphatic carbocycles. The Morgan fingerprint density at radius 2 is 1.83 bits per heavy atom. The number of rotatable bonds is 5. The predicted molar refractivity (Wildman–Crippen MR) is 147 cm³/mol. The number of benzene rings is 1. The van der Waals surface area contributed by atoms with Crippen LogP contribution in [0.1, 0.15) is 73.9 Å². The predicted octanol–water partition coefficient (Wildman–Crippen LogP) is 6.42. The number of carbonyl (C=O) groups excluding carboxylic acids is 1. The number of nitrogens with zero attached hydrogens (tertiary/aromatic N) is 3. The summed E-state index contributed by atoms with van der Waals surface area (Å²) in [5.41, 5.74) is 8.53. The number of fused-ring (bicyclic) bond motifs is 1. The third-order valence-corrected chi connectivity index (χ3v) is 8.66. The van der Waals surface area contributed by atoms with Crippen molar-refractivity contribution in [3.8, 4) is 11.3 Å². The average molecular weight is 491 g/mol. The fraction of sp³-hybridized carbons (Fsp3) is 0.517. The van der Waals surface area contributed by atoms with Crippen LogP contribution in [0.5, 0.6) is 0 Å². The first-order valence-corrected chi connectivity index (χ1v) is 14.1. The van der Waals surface area contributed by atoms with E-state index in [0.717, 1.165) is 49.6 Å². The molecular weight excluding hydrogens is 452 g/mol. The van der Waals surface area contributed by atoms with Gasteiger partial charge in [0.2, 0.25) is 5.91 Å². The number of hydrogen-bond acceptors (Lipinski definition) is 4. The lowest BCUT2D eigenvalue weighted by Crippen LogP contribution is -2.43. The number of likely N-dealkylation sites (tertiary alicyclic amines) is 1. The zero-order valence-corrected chi connectivity index (χ0v) is 22.4. The van der Waals surface area contributed by atoms with Gasteiger partial charge in [0, 0.05) is 53.2 Å². The standard InChI is InChI=1S/C29H38N4OS/c1-19(2)28-25-17-23(7-8-26(25)31-29(28)24-15-20(3)30-21(4)16-24)22-9-12-32(13-10-22)27(34)18-33-11-5-6-14-35-33/h7-8,15-17,19,22,31H,5-6,9-14,18H2,1-4H3. The van der Waals surface area contributed by atoms with E-state index in [-0.39, 0.29) is 0 Å². The minimum absolute atomic E-state index is 0.300. The van der Waals surface area contributed by atoms with Gasteiger partial charge in [-0.1, -0.05) is 31.9 Å². The van der Waals surface area contributed by atoms with Crippen LogP contribution in [-0.2, 0) is 4.79 Å². The van der Waals surface area contributed by atoms with Crippen molar-refractivity contribution in [2.45, 2.75) is 65.2 Å². The van der Waals surface area contributed by atoms with Crippen LogP contribution in [0, 0.1) is 13.8 Å². The highest BCUT2D eigenvalue weighted by molar-refractivity contribution is 7.97. The van der Waals surface area contributed by atoms with Crippen molar-refractivity contribution in [3.05, 3.63) is 52.8 Å². The van der Waals surface area contributed by atoms with Gasteiger partial charge in [0.25, 0.3) is 0 Å². The van der Waals surface area contributed by atoms with Crippen LogP contribution in [0.25, 0.3) is 22.2 Å². The summed E-state index contributed by atoms with van der Waals surface area (Å²) < 4.78 is 2.26. The Kier molecular flexibility index (Phi) is 7.21. The molecule has 1 aromatic carbocycles. The Bertz CT molecular complexity index is 1180. The van der Waals surface area contributed by atoms with Crippen molar-refractivity contribution >= 4 is 28.8 Å². The number of piperidine rings is 1. The van der Waals surface area contributed by atoms with Crippen LogP contribution >= 0.6 is 11.9 Å². The Balaban J connectivity index is 1.34. The minimum atomic E-state index is 0.300. The second kappa shape index (κ2) is 10.4. The highest BCUT2D eigenvalue weighted by Crippen LogP contribution is 2.38. The van der Waals surface area contributed by atoms with E-state index in [2.05, 4.69) is 77.2 Å². The summed E-state index contributed by atoms with van der Waals surface area (Å²) in [5.74, 6) is 2.37. The first-order chi connectivity index (χ1) is 16.9. The van der Waals surface area contributed by atoms with E-state index in [1.54, 1.807) is 0 Å². The van der Waals surface area contributed by atoms with Crippen LogP contribution in [0.15, 0.2) is 30.3 Å². The molecule has 0 radical (unpaired) electrons. The molecule has 0 unspecified atom stereocenters. The van der Waals surface area contributed by atoms with Crippen molar-refractivity contribution in [2.24, 2.45) is 0 Å². The van der Waals surface area contributed by atoms with Gasteiger partial charge >= 0.3 is 0 Å². The van der Waals surface area contributed by atoms with Crippen LogP contribution < -0.4 is 0 Å². The fourth-order valence-corrected chi connectivity index (χ4v) is 6.83. The van der Waals surface area contributed by atoms with Crippen molar-refractivity contribution < 1.29 is 4.79 Å². The van der Waals surface area contributed by atoms with E-state index in [9.17, 15) is 4.79 Å². The largest absolute Gasteiger partial charge is 0.354 e. The van der Waals surface area contributed by atoms with Crippen molar-refractivity contribution in [3.63, 3.8) is 0 Å². The Morgan fingerprint density at radius 1 is 1.09 bits per heavy atom. The maximum Gasteiger partial charge on any atom is 0.237 e. The molecule has 5 nitrogen and oxygen atoms in total. The number of H-pyrrole nitrogens is 1. The topological polar surface area (TPSA) is 52.2 Å². The van der Waals surface area contributed by atoms with Crippen molar-refractivity contribution in [1.82, 2.24) is 19.2 Å². The number of aryl methyl sites for hydroxylation is 2. The number of hydrogen-bond donors (Lipinski definition) is 1. The SMILES string of the molecule is Cc1cc(-c2[nH]c3ccc(C4CCN(C(=O)CN5CCCCS5)CC4)cc3c2C(C)C)cc(C)n1. The highest BCUT2D eigenvalue weighted by atomic mass is 32.2. The summed E-state index contributed by atoms with van der Waals surface area (Å²) in [6.07, 6.45) is 4.57. The summed E-state index contributed by atoms with van der Waals surface area (Å²) in [4.78, 5) is 23.2. The average Bonchev–Trinajstić information content (AvgIpc) is 3.23. The first kappa shape index (κ1) is 24.4. The molecule has 3 aromatic rings. The fourth-order valence-electron chi connectivity index (χ4n) is 5.78. The maximum absolute atomic E-state index is 12.9. The molecule has 1 amide bonds. The van der Waals surface area contributed by atoms with E-state index in [1.807, 2.05) is 11.9 Å². The molecule has 5 rings (SSSR count). The molecule has 1 N–H and O–H groups in total. The minimum Gasteiger partial charge on any atom is -0.354 e. The summed E-state index contributed by atoms with van der Waals surface area (Å²) in [6.45, 7) is 12.0. The van der Waals surface area contributed by atoms with Gasteiger partial charge in [-0.25, -0.2) is 4.31 Å². The lowest BCUT2D eigenvalue weighted by Gasteiger charge is -2.34. The molecular formula is C29H38N4OS. The lowest BCUT2D eigenvalue weighted by atomic mass is 9.87. The molecule has 0 bridgehead atoms. The first-order valence-electron chi connectivity index (χ1n) is 13.2. The normalized spacial score (nSPS) is 18.0. The molecule has 2 aromatic heterocycles. The van der Waals surface area contributed by atoms with E-state index >= 15 is 0 Å². The van der Waals surface area contributed by atoms with Crippen LogP contribution in [0.2, 0.25) is 0 Å². The molecule has 2 aliphatic rings. The molecule has 0 saturated carbocycles. The molecule has 35 heavy (non-hydrogen) atoms. The van der Waals surface area contributed by atoms with Gasteiger partial charge in [0.05, 0.1) is 12.2 Å². The van der Waals surface area contributed by atoms with Gasteiger partial charge in [0.15, 0.2) is 0 Å². The van der Waals surface area contributed by atoms with Crippen LogP contribution in [-0.4, -0.2) is 57.0 Å². The monoisotopic (exact) mass is 490 g/mol. The maximum atomic E-state index is 12.9. The number of aromatic amines is 1. The van der Waals surface area contributed by atoms with E-state index in [4.69, 9.17) is 0 Å². The Labute approximate surface area is 213 Å². The summed E-state index contributed by atoms with van der Waals surface area (Å²) >= 11 is 1.84. The number of aromatic nitrogens is 2. The van der Waals surface area contributed by atoms with E-state index in [1.165, 1.54) is 46.1 Å². The molecule has 4 heterocycles. The molecule has 0 atom stereocenters. The van der Waals surface area contributed by atoms with Gasteiger partial charge in [0.1, 0.15) is 0 Å². The number of pyridine rings is 1. The molecule has 6 heteroatoms. The van der Waals surface area contributed by atoms with Crippen molar-refractivity contribution in [2.75, 3.05) is 31.9 Å². The lowest BCUT2D eigenvalue weighted by molar-refractivity contribution is -0.132. The summed E-state index contributed by atoms with van der Waals surface area (Å²) in [7, 11) is 0. The molecule has 2 saturated heterocycles. The third-order valence-electron chi connectivity index (χ3n) is 7.52. The highest BCUT2D eigenvalue weighted by Gasteiger charge is 2.26. The van der Waals surface area contributed by atoms with Gasteiger partial charge in [-0.3, -0.25) is 9.78 Å². The van der Waals surface area contributed by atoms with E-state index in [0.29, 0.717) is 24.3 Å². The quantitative estimate of drug-likeness (QED) is 0.419. The molecule has 2 fully saturated rings. The van der Waals surface area contributed by atoms with Crippen LogP contribution in [0.3, 0.4) is 0 Å². The van der Waals surface area contributed by atoms with Gasteiger partial charge in [-0.15, -0.1) is 0 Å². The van der Waals surface area contributed by atoms with Gasteiger partial charge in [-0.2, -0.15) is 0 Å². The van der Waals surface area contributed by atoms with Gasteiger partial charge < -0.3 is 9.88 Å². The molecule has 0 spiro atoms. The summed E-state index contributed by atoms with van der Waals surface area (Å²) in [6, 6.07) is 11.3. The smallest absolute Gasteiger partial charge is 0.237 e. The Morgan fingerprint density at radius 3 is 2.49 bits per heavy atom. The molecule has 186 valence electrons. The Hall–Kier alpha value is -2.31. The second-order valence-electron chi connectivity index (χ2n) is 10.6. The number of nitrogens with one attached hydrogen (secondary N) is 1. The summed E-state index contributed by atoms with van der Waals surface area (Å²) in [5, 5.41) is 1.33. The second-order valence-corrected chi connectivity index (χ2v) is 11.8.